The summed E-state index contributed by atoms with van der Waals surface area (Å²) in [4.78, 5) is 0. The molecule has 1 fully saturated rings. The highest BCUT2D eigenvalue weighted by molar-refractivity contribution is 5.18. The molecule has 22 heavy (non-hydrogen) atoms. The zero-order valence-corrected chi connectivity index (χ0v) is 12.8. The Labute approximate surface area is 132 Å². The van der Waals surface area contributed by atoms with Gasteiger partial charge in [-0.2, -0.15) is 0 Å². The van der Waals surface area contributed by atoms with Crippen LogP contribution in [0.5, 0.6) is 0 Å². The molecule has 0 bridgehead atoms. The van der Waals surface area contributed by atoms with Crippen molar-refractivity contribution in [1.29, 1.82) is 0 Å². The molecule has 3 rings (SSSR count). The second kappa shape index (κ2) is 7.17. The first-order valence-corrected chi connectivity index (χ1v) is 7.83. The summed E-state index contributed by atoms with van der Waals surface area (Å²) in [6, 6.07) is 21.2. The van der Waals surface area contributed by atoms with Crippen LogP contribution in [0.4, 0.5) is 0 Å². The van der Waals surface area contributed by atoms with Crippen molar-refractivity contribution in [2.45, 2.75) is 12.8 Å². The smallest absolute Gasteiger partial charge is 0.271 e. The third-order valence-corrected chi connectivity index (χ3v) is 4.26. The van der Waals surface area contributed by atoms with Crippen LogP contribution in [0.15, 0.2) is 73.2 Å². The Kier molecular flexibility index (Phi) is 4.79. The Morgan fingerprint density at radius 3 is 1.55 bits per heavy atom. The average molecular weight is 294 g/mol. The van der Waals surface area contributed by atoms with E-state index in [2.05, 4.69) is 67.2 Å². The number of hydrogen-bond donors (Lipinski definition) is 0. The number of benzene rings is 2. The van der Waals surface area contributed by atoms with E-state index in [1.807, 2.05) is 0 Å². The highest BCUT2D eigenvalue weighted by Crippen LogP contribution is 2.27. The van der Waals surface area contributed by atoms with E-state index in [4.69, 9.17) is 9.47 Å². The summed E-state index contributed by atoms with van der Waals surface area (Å²) < 4.78 is 11.3. The summed E-state index contributed by atoms with van der Waals surface area (Å²) >= 11 is 0. The highest BCUT2D eigenvalue weighted by atomic mass is 16.7. The van der Waals surface area contributed by atoms with Gasteiger partial charge in [0, 0.05) is 11.8 Å². The highest BCUT2D eigenvalue weighted by Gasteiger charge is 2.27. The van der Waals surface area contributed by atoms with Gasteiger partial charge in [0.25, 0.3) is 5.95 Å². The van der Waals surface area contributed by atoms with Gasteiger partial charge in [-0.05, 0) is 30.5 Å². The van der Waals surface area contributed by atoms with Gasteiger partial charge >= 0.3 is 0 Å². The predicted molar refractivity (Wildman–Crippen MR) is 88.3 cm³/mol. The molecule has 0 N–H and O–H groups in total. The molecular formula is C20H22O2. The van der Waals surface area contributed by atoms with Gasteiger partial charge < -0.3 is 9.47 Å². The molecule has 1 aliphatic rings. The zero-order chi connectivity index (χ0) is 15.2. The quantitative estimate of drug-likeness (QED) is 0.840. The molecule has 2 heteroatoms. The first-order valence-electron chi connectivity index (χ1n) is 7.83. The van der Waals surface area contributed by atoms with Gasteiger partial charge in [-0.1, -0.05) is 60.7 Å². The molecule has 2 atom stereocenters. The van der Waals surface area contributed by atoms with Crippen molar-refractivity contribution in [3.63, 3.8) is 0 Å². The van der Waals surface area contributed by atoms with Gasteiger partial charge in [0.05, 0.1) is 13.2 Å². The number of rotatable bonds is 4. The minimum atomic E-state index is 0.432. The Balaban J connectivity index is 1.75. The molecule has 2 nitrogen and oxygen atoms in total. The molecule has 2 aromatic carbocycles. The number of ether oxygens (including phenoxy) is 2. The van der Waals surface area contributed by atoms with Crippen molar-refractivity contribution in [1.82, 2.24) is 0 Å². The van der Waals surface area contributed by atoms with Crippen LogP contribution in [0.3, 0.4) is 0 Å². The molecule has 114 valence electrons. The van der Waals surface area contributed by atoms with Gasteiger partial charge in [0.1, 0.15) is 0 Å². The standard InChI is InChI=1S/C20H22O2/c1-16-21-14-19(12-17-8-4-2-5-9-17)20(15-22-16)13-18-10-6-3-7-11-18/h2-11,19-20H,1,12-15H2. The van der Waals surface area contributed by atoms with Gasteiger partial charge in [0.2, 0.25) is 0 Å². The van der Waals surface area contributed by atoms with E-state index in [1.165, 1.54) is 11.1 Å². The second-order valence-corrected chi connectivity index (χ2v) is 5.89. The summed E-state index contributed by atoms with van der Waals surface area (Å²) in [5, 5.41) is 0. The van der Waals surface area contributed by atoms with Gasteiger partial charge in [-0.3, -0.25) is 0 Å². The fourth-order valence-electron chi connectivity index (χ4n) is 3.00. The minimum Gasteiger partial charge on any atom is -0.466 e. The first-order chi connectivity index (χ1) is 10.8. The maximum absolute atomic E-state index is 5.64. The van der Waals surface area contributed by atoms with Crippen molar-refractivity contribution in [3.05, 3.63) is 84.3 Å². The van der Waals surface area contributed by atoms with E-state index in [0.29, 0.717) is 31.0 Å². The summed E-state index contributed by atoms with van der Waals surface area (Å²) in [5.41, 5.74) is 2.70. The van der Waals surface area contributed by atoms with Crippen LogP contribution in [-0.2, 0) is 22.3 Å². The Bertz CT molecular complexity index is 538. The monoisotopic (exact) mass is 294 g/mol. The van der Waals surface area contributed by atoms with Crippen LogP contribution < -0.4 is 0 Å². The SMILES string of the molecule is C=C1OCC(Cc2ccccc2)C(Cc2ccccc2)CO1. The number of hydrogen-bond acceptors (Lipinski definition) is 2. The molecule has 0 aromatic heterocycles. The third-order valence-electron chi connectivity index (χ3n) is 4.26. The van der Waals surface area contributed by atoms with Crippen LogP contribution in [-0.4, -0.2) is 13.2 Å². The van der Waals surface area contributed by atoms with Crippen LogP contribution in [0.25, 0.3) is 0 Å². The summed E-state index contributed by atoms with van der Waals surface area (Å²) in [6.07, 6.45) is 2.02. The molecule has 0 radical (unpaired) electrons. The Morgan fingerprint density at radius 2 is 1.14 bits per heavy atom. The van der Waals surface area contributed by atoms with E-state index in [9.17, 15) is 0 Å². The average Bonchev–Trinajstić information content (AvgIpc) is 2.73. The molecule has 0 saturated carbocycles. The predicted octanol–water partition coefficient (Wildman–Crippen LogP) is 4.22. The molecule has 0 spiro atoms. The molecule has 0 aliphatic carbocycles. The van der Waals surface area contributed by atoms with E-state index < -0.39 is 0 Å². The maximum Gasteiger partial charge on any atom is 0.271 e. The molecule has 1 aliphatic heterocycles. The van der Waals surface area contributed by atoms with Gasteiger partial charge in [-0.25, -0.2) is 0 Å². The van der Waals surface area contributed by atoms with Crippen LogP contribution in [0.1, 0.15) is 11.1 Å². The van der Waals surface area contributed by atoms with Crippen molar-refractivity contribution < 1.29 is 9.47 Å². The summed E-state index contributed by atoms with van der Waals surface area (Å²) in [5.74, 6) is 1.32. The van der Waals surface area contributed by atoms with Crippen molar-refractivity contribution >= 4 is 0 Å². The maximum atomic E-state index is 5.64. The van der Waals surface area contributed by atoms with Crippen LogP contribution in [0, 0.1) is 11.8 Å². The summed E-state index contributed by atoms with van der Waals surface area (Å²) in [6.45, 7) is 5.16. The van der Waals surface area contributed by atoms with Gasteiger partial charge in [0.15, 0.2) is 0 Å². The lowest BCUT2D eigenvalue weighted by atomic mass is 9.84. The topological polar surface area (TPSA) is 18.5 Å². The van der Waals surface area contributed by atoms with Gasteiger partial charge in [-0.15, -0.1) is 0 Å². The van der Waals surface area contributed by atoms with E-state index in [-0.39, 0.29) is 0 Å². The molecule has 2 aromatic rings. The van der Waals surface area contributed by atoms with Crippen molar-refractivity contribution in [2.75, 3.05) is 13.2 Å². The zero-order valence-electron chi connectivity index (χ0n) is 12.8. The van der Waals surface area contributed by atoms with E-state index in [0.717, 1.165) is 12.8 Å². The molecular weight excluding hydrogens is 272 g/mol. The Hall–Kier alpha value is -2.22. The first kappa shape index (κ1) is 14.7. The van der Waals surface area contributed by atoms with Crippen molar-refractivity contribution in [2.24, 2.45) is 11.8 Å². The normalized spacial score (nSPS) is 21.5. The molecule has 1 heterocycles. The molecule has 0 amide bonds. The lowest BCUT2D eigenvalue weighted by Crippen LogP contribution is -2.25. The molecule has 2 unspecified atom stereocenters. The lowest BCUT2D eigenvalue weighted by molar-refractivity contribution is 0.0569. The lowest BCUT2D eigenvalue weighted by Gasteiger charge is -2.23. The largest absolute Gasteiger partial charge is 0.466 e. The Morgan fingerprint density at radius 1 is 0.727 bits per heavy atom. The van der Waals surface area contributed by atoms with E-state index in [1.54, 1.807) is 0 Å². The fraction of sp³-hybridized carbons (Fsp3) is 0.300. The van der Waals surface area contributed by atoms with E-state index >= 15 is 0 Å². The van der Waals surface area contributed by atoms with Crippen LogP contribution >= 0.6 is 0 Å². The summed E-state index contributed by atoms with van der Waals surface area (Å²) in [7, 11) is 0. The second-order valence-electron chi connectivity index (χ2n) is 5.89. The van der Waals surface area contributed by atoms with Crippen molar-refractivity contribution in [3.8, 4) is 0 Å². The third kappa shape index (κ3) is 3.91. The van der Waals surface area contributed by atoms with Crippen LogP contribution in [0.2, 0.25) is 0 Å². The molecule has 1 saturated heterocycles. The minimum absolute atomic E-state index is 0.432. The fourth-order valence-corrected chi connectivity index (χ4v) is 3.00.